The molecule has 0 radical (unpaired) electrons. The number of nitrogens with one attached hydrogen (secondary N) is 3. The number of carbonyl (C=O) groups is 2. The molecule has 132 valence electrons. The lowest BCUT2D eigenvalue weighted by atomic mass is 10.2. The summed E-state index contributed by atoms with van der Waals surface area (Å²) in [5.41, 5.74) is 2.24. The number of rotatable bonds is 6. The van der Waals surface area contributed by atoms with Crippen LogP contribution in [0.1, 0.15) is 5.56 Å². The van der Waals surface area contributed by atoms with Crippen LogP contribution in [0.5, 0.6) is 0 Å². The van der Waals surface area contributed by atoms with Crippen LogP contribution in [0.4, 0.5) is 11.4 Å². The molecule has 1 atom stereocenters. The Morgan fingerprint density at radius 3 is 2.00 bits per heavy atom. The van der Waals surface area contributed by atoms with Gasteiger partial charge in [-0.2, -0.15) is 0 Å². The Balaban J connectivity index is 1.84. The molecule has 3 N–H and O–H groups in total. The van der Waals surface area contributed by atoms with E-state index in [1.807, 2.05) is 31.2 Å². The molecule has 0 aromatic heterocycles. The van der Waals surface area contributed by atoms with Crippen molar-refractivity contribution in [3.63, 3.8) is 0 Å². The minimum absolute atomic E-state index is 0.114. The molecule has 0 saturated carbocycles. The van der Waals surface area contributed by atoms with Crippen molar-refractivity contribution in [1.29, 1.82) is 0 Å². The number of halogens is 2. The first-order valence-electron chi connectivity index (χ1n) is 7.77. The van der Waals surface area contributed by atoms with Crippen LogP contribution < -0.4 is 15.5 Å². The van der Waals surface area contributed by atoms with Gasteiger partial charge in [-0.3, -0.25) is 9.59 Å². The summed E-state index contributed by atoms with van der Waals surface area (Å²) in [4.78, 5) is 24.9. The molecular formula is C18H20Cl2N3O2+. The highest BCUT2D eigenvalue weighted by Crippen LogP contribution is 2.29. The van der Waals surface area contributed by atoms with E-state index in [9.17, 15) is 9.59 Å². The van der Waals surface area contributed by atoms with Gasteiger partial charge in [-0.05, 0) is 31.2 Å². The van der Waals surface area contributed by atoms with Gasteiger partial charge in [-0.15, -0.1) is 0 Å². The van der Waals surface area contributed by atoms with E-state index < -0.39 is 0 Å². The molecule has 0 aliphatic heterocycles. The number of quaternary nitrogens is 1. The highest BCUT2D eigenvalue weighted by molar-refractivity contribution is 6.39. The van der Waals surface area contributed by atoms with Crippen LogP contribution in [0.3, 0.4) is 0 Å². The number of hydrogen-bond acceptors (Lipinski definition) is 2. The highest BCUT2D eigenvalue weighted by Gasteiger charge is 2.16. The minimum atomic E-state index is -0.268. The Bertz CT molecular complexity index is 743. The first kappa shape index (κ1) is 19.2. The van der Waals surface area contributed by atoms with Gasteiger partial charge in [0.05, 0.1) is 22.8 Å². The molecule has 2 amide bonds. The fourth-order valence-electron chi connectivity index (χ4n) is 2.25. The van der Waals surface area contributed by atoms with Crippen molar-refractivity contribution in [2.75, 3.05) is 30.8 Å². The van der Waals surface area contributed by atoms with Crippen molar-refractivity contribution < 1.29 is 14.5 Å². The Labute approximate surface area is 156 Å². The van der Waals surface area contributed by atoms with Crippen molar-refractivity contribution in [1.82, 2.24) is 0 Å². The molecule has 0 spiro atoms. The first-order chi connectivity index (χ1) is 11.8. The summed E-state index contributed by atoms with van der Waals surface area (Å²) < 4.78 is 0. The zero-order valence-corrected chi connectivity index (χ0v) is 15.5. The number of anilines is 2. The molecule has 0 fully saturated rings. The van der Waals surface area contributed by atoms with Crippen LogP contribution in [0.2, 0.25) is 10.0 Å². The van der Waals surface area contributed by atoms with Gasteiger partial charge in [-0.25, -0.2) is 0 Å². The largest absolute Gasteiger partial charge is 0.322 e. The average molecular weight is 381 g/mol. The van der Waals surface area contributed by atoms with Gasteiger partial charge >= 0.3 is 0 Å². The monoisotopic (exact) mass is 380 g/mol. The SMILES string of the molecule is Cc1ccc(NC(=O)C[NH+](C)CC(=O)Nc2c(Cl)cccc2Cl)cc1. The normalized spacial score (nSPS) is 11.7. The molecule has 0 bridgehead atoms. The van der Waals surface area contributed by atoms with Crippen molar-refractivity contribution in [3.05, 3.63) is 58.1 Å². The minimum Gasteiger partial charge on any atom is -0.322 e. The van der Waals surface area contributed by atoms with Crippen LogP contribution in [0.15, 0.2) is 42.5 Å². The lowest BCUT2D eigenvalue weighted by Crippen LogP contribution is -3.11. The number of para-hydroxylation sites is 1. The Morgan fingerprint density at radius 2 is 1.44 bits per heavy atom. The predicted molar refractivity (Wildman–Crippen MR) is 102 cm³/mol. The second kappa shape index (κ2) is 8.85. The van der Waals surface area contributed by atoms with E-state index in [2.05, 4.69) is 10.6 Å². The van der Waals surface area contributed by atoms with E-state index in [0.29, 0.717) is 15.7 Å². The molecule has 5 nitrogen and oxygen atoms in total. The van der Waals surface area contributed by atoms with Crippen LogP contribution in [0.25, 0.3) is 0 Å². The number of hydrogen-bond donors (Lipinski definition) is 3. The lowest BCUT2D eigenvalue weighted by Gasteiger charge is -2.14. The number of likely N-dealkylation sites (N-methyl/N-ethyl adjacent to an activating group) is 1. The maximum Gasteiger partial charge on any atom is 0.279 e. The Hall–Kier alpha value is -2.08. The fourth-order valence-corrected chi connectivity index (χ4v) is 2.75. The van der Waals surface area contributed by atoms with E-state index in [1.165, 1.54) is 0 Å². The zero-order valence-electron chi connectivity index (χ0n) is 14.0. The van der Waals surface area contributed by atoms with E-state index in [0.717, 1.165) is 16.2 Å². The fraction of sp³-hybridized carbons (Fsp3) is 0.222. The summed E-state index contributed by atoms with van der Waals surface area (Å²) >= 11 is 12.1. The van der Waals surface area contributed by atoms with Gasteiger partial charge < -0.3 is 15.5 Å². The molecule has 2 aromatic carbocycles. The Morgan fingerprint density at radius 1 is 0.920 bits per heavy atom. The maximum atomic E-state index is 12.1. The summed E-state index contributed by atoms with van der Waals surface area (Å²) in [6.07, 6.45) is 0. The maximum absolute atomic E-state index is 12.1. The molecule has 2 aromatic rings. The molecular weight excluding hydrogens is 361 g/mol. The molecule has 0 saturated heterocycles. The summed E-state index contributed by atoms with van der Waals surface area (Å²) in [5, 5.41) is 6.23. The smallest absolute Gasteiger partial charge is 0.279 e. The van der Waals surface area contributed by atoms with E-state index in [4.69, 9.17) is 23.2 Å². The molecule has 0 heterocycles. The van der Waals surface area contributed by atoms with Crippen LogP contribution >= 0.6 is 23.2 Å². The molecule has 0 aliphatic rings. The van der Waals surface area contributed by atoms with Crippen molar-refractivity contribution >= 4 is 46.4 Å². The average Bonchev–Trinajstić information content (AvgIpc) is 2.53. The van der Waals surface area contributed by atoms with Crippen LogP contribution in [-0.2, 0) is 9.59 Å². The predicted octanol–water partition coefficient (Wildman–Crippen LogP) is 2.39. The third-order valence-electron chi connectivity index (χ3n) is 3.49. The number of aryl methyl sites for hydroxylation is 1. The van der Waals surface area contributed by atoms with E-state index in [1.54, 1.807) is 25.2 Å². The second-order valence-corrected chi connectivity index (χ2v) is 6.68. The van der Waals surface area contributed by atoms with E-state index >= 15 is 0 Å². The Kier molecular flexibility index (Phi) is 6.82. The zero-order chi connectivity index (χ0) is 18.4. The summed E-state index contributed by atoms with van der Waals surface area (Å²) in [7, 11) is 1.77. The molecule has 2 rings (SSSR count). The third kappa shape index (κ3) is 6.05. The summed E-state index contributed by atoms with van der Waals surface area (Å²) in [6, 6.07) is 12.5. The summed E-state index contributed by atoms with van der Waals surface area (Å²) in [6.45, 7) is 2.26. The standard InChI is InChI=1S/C18H19Cl2N3O2/c1-12-6-8-13(9-7-12)21-16(24)10-23(2)11-17(25)22-18-14(19)4-3-5-15(18)20/h3-9H,10-11H2,1-2H3,(H,21,24)(H,22,25)/p+1. The number of benzene rings is 2. The third-order valence-corrected chi connectivity index (χ3v) is 4.12. The van der Waals surface area contributed by atoms with Gasteiger partial charge in [-0.1, -0.05) is 47.0 Å². The van der Waals surface area contributed by atoms with Crippen molar-refractivity contribution in [2.24, 2.45) is 0 Å². The van der Waals surface area contributed by atoms with Gasteiger partial charge in [0.25, 0.3) is 11.8 Å². The quantitative estimate of drug-likeness (QED) is 0.720. The second-order valence-electron chi connectivity index (χ2n) is 5.87. The molecule has 1 unspecified atom stereocenters. The first-order valence-corrected chi connectivity index (χ1v) is 8.52. The van der Waals surface area contributed by atoms with Crippen LogP contribution in [-0.4, -0.2) is 32.0 Å². The lowest BCUT2D eigenvalue weighted by molar-refractivity contribution is -0.862. The number of amides is 2. The van der Waals surface area contributed by atoms with Crippen LogP contribution in [0, 0.1) is 6.92 Å². The molecule has 25 heavy (non-hydrogen) atoms. The van der Waals surface area contributed by atoms with Gasteiger partial charge in [0.2, 0.25) is 0 Å². The van der Waals surface area contributed by atoms with Crippen molar-refractivity contribution in [3.8, 4) is 0 Å². The summed E-state index contributed by atoms with van der Waals surface area (Å²) in [5.74, 6) is -0.430. The number of carbonyl (C=O) groups excluding carboxylic acids is 2. The molecule has 0 aliphatic carbocycles. The van der Waals surface area contributed by atoms with Crippen molar-refractivity contribution in [2.45, 2.75) is 6.92 Å². The van der Waals surface area contributed by atoms with Gasteiger partial charge in [0.1, 0.15) is 0 Å². The van der Waals surface area contributed by atoms with Gasteiger partial charge in [0.15, 0.2) is 13.1 Å². The molecule has 7 heteroatoms. The highest BCUT2D eigenvalue weighted by atomic mass is 35.5. The van der Waals surface area contributed by atoms with Gasteiger partial charge in [0, 0.05) is 5.69 Å². The topological polar surface area (TPSA) is 62.6 Å². The van der Waals surface area contributed by atoms with E-state index in [-0.39, 0.29) is 24.9 Å².